The van der Waals surface area contributed by atoms with Crippen LogP contribution >= 0.6 is 0 Å². The van der Waals surface area contributed by atoms with E-state index in [9.17, 15) is 4.79 Å². The third-order valence-corrected chi connectivity index (χ3v) is 3.48. The monoisotopic (exact) mass is 270 g/mol. The lowest BCUT2D eigenvalue weighted by Crippen LogP contribution is -2.08. The number of nitrogens with zero attached hydrogens (tertiary/aromatic N) is 3. The van der Waals surface area contributed by atoms with Gasteiger partial charge in [-0.15, -0.1) is 0 Å². The number of ketones is 1. The smallest absolute Gasteiger partial charge is 0.164 e. The van der Waals surface area contributed by atoms with Crippen molar-refractivity contribution in [2.45, 2.75) is 39.7 Å². The lowest BCUT2D eigenvalue weighted by Gasteiger charge is -2.08. The number of hydrogen-bond acceptors (Lipinski definition) is 4. The molecule has 3 rings (SSSR count). The molecule has 5 heteroatoms. The predicted molar refractivity (Wildman–Crippen MR) is 78.7 cm³/mol. The lowest BCUT2D eigenvalue weighted by molar-refractivity contribution is -0.113. The van der Waals surface area contributed by atoms with Crippen LogP contribution in [0, 0.1) is 6.92 Å². The number of allylic oxidation sites excluding steroid dienone is 1. The van der Waals surface area contributed by atoms with Crippen LogP contribution in [0.1, 0.15) is 37.9 Å². The molecule has 1 aliphatic carbocycles. The van der Waals surface area contributed by atoms with E-state index in [2.05, 4.69) is 15.4 Å². The molecule has 2 aromatic heterocycles. The predicted octanol–water partition coefficient (Wildman–Crippen LogP) is 2.60. The first-order valence-corrected chi connectivity index (χ1v) is 6.86. The van der Waals surface area contributed by atoms with E-state index < -0.39 is 0 Å². The van der Waals surface area contributed by atoms with Gasteiger partial charge in [0.1, 0.15) is 5.82 Å². The summed E-state index contributed by atoms with van der Waals surface area (Å²) in [7, 11) is 0. The van der Waals surface area contributed by atoms with E-state index in [-0.39, 0.29) is 5.78 Å². The number of anilines is 1. The van der Waals surface area contributed by atoms with Crippen molar-refractivity contribution >= 4 is 23.3 Å². The SMILES string of the molecule is CC(=O)/C(C)=C/c1cnn2c(NC3CC3)cc(C)nc12. The molecule has 1 saturated carbocycles. The van der Waals surface area contributed by atoms with Gasteiger partial charge in [0.05, 0.1) is 6.20 Å². The number of fused-ring (bicyclic) bond motifs is 1. The van der Waals surface area contributed by atoms with Crippen LogP contribution in [-0.4, -0.2) is 26.4 Å². The lowest BCUT2D eigenvalue weighted by atomic mass is 10.1. The van der Waals surface area contributed by atoms with Gasteiger partial charge in [0.15, 0.2) is 11.4 Å². The number of hydrogen-bond donors (Lipinski definition) is 1. The minimum absolute atomic E-state index is 0.0633. The van der Waals surface area contributed by atoms with E-state index in [1.165, 1.54) is 12.8 Å². The number of aryl methyl sites for hydroxylation is 1. The van der Waals surface area contributed by atoms with Crippen LogP contribution in [0.25, 0.3) is 11.7 Å². The second kappa shape index (κ2) is 4.74. The maximum Gasteiger partial charge on any atom is 0.164 e. The highest BCUT2D eigenvalue weighted by Gasteiger charge is 2.22. The fourth-order valence-electron chi connectivity index (χ4n) is 2.08. The molecule has 2 aromatic rings. The van der Waals surface area contributed by atoms with Gasteiger partial charge in [-0.05, 0) is 45.3 Å². The van der Waals surface area contributed by atoms with Crippen molar-refractivity contribution in [3.63, 3.8) is 0 Å². The van der Waals surface area contributed by atoms with Crippen molar-refractivity contribution in [2.24, 2.45) is 0 Å². The number of nitrogens with one attached hydrogen (secondary N) is 1. The zero-order chi connectivity index (χ0) is 14.3. The van der Waals surface area contributed by atoms with Gasteiger partial charge in [-0.3, -0.25) is 4.79 Å². The molecule has 1 N–H and O–H groups in total. The summed E-state index contributed by atoms with van der Waals surface area (Å²) in [5.41, 5.74) is 3.31. The molecule has 0 unspecified atom stereocenters. The Kier molecular flexibility index (Phi) is 3.04. The maximum atomic E-state index is 11.4. The number of rotatable bonds is 4. The van der Waals surface area contributed by atoms with Gasteiger partial charge in [-0.1, -0.05) is 0 Å². The van der Waals surface area contributed by atoms with E-state index in [0.717, 1.165) is 22.7 Å². The molecule has 104 valence electrons. The van der Waals surface area contributed by atoms with E-state index in [1.807, 2.05) is 30.5 Å². The Morgan fingerprint density at radius 1 is 1.45 bits per heavy atom. The summed E-state index contributed by atoms with van der Waals surface area (Å²) in [5.74, 6) is 1.03. The Morgan fingerprint density at radius 2 is 2.20 bits per heavy atom. The topological polar surface area (TPSA) is 59.3 Å². The first-order chi connectivity index (χ1) is 9.54. The summed E-state index contributed by atoms with van der Waals surface area (Å²) in [6.45, 7) is 5.34. The van der Waals surface area contributed by atoms with Gasteiger partial charge in [-0.2, -0.15) is 9.61 Å². The van der Waals surface area contributed by atoms with Crippen molar-refractivity contribution in [3.05, 3.63) is 29.1 Å². The van der Waals surface area contributed by atoms with Gasteiger partial charge in [0.25, 0.3) is 0 Å². The summed E-state index contributed by atoms with van der Waals surface area (Å²) in [6, 6.07) is 2.56. The Morgan fingerprint density at radius 3 is 2.85 bits per heavy atom. The Bertz CT molecular complexity index is 710. The molecule has 0 amide bonds. The minimum atomic E-state index is 0.0633. The van der Waals surface area contributed by atoms with E-state index in [1.54, 1.807) is 13.1 Å². The molecule has 0 aliphatic heterocycles. The van der Waals surface area contributed by atoms with Gasteiger partial charge in [0.2, 0.25) is 0 Å². The van der Waals surface area contributed by atoms with Crippen molar-refractivity contribution in [2.75, 3.05) is 5.32 Å². The highest BCUT2D eigenvalue weighted by Crippen LogP contribution is 2.26. The van der Waals surface area contributed by atoms with Crippen molar-refractivity contribution in [1.29, 1.82) is 0 Å². The standard InChI is InChI=1S/C15H18N4O/c1-9(11(3)20)6-12-8-16-19-14(18-13-4-5-13)7-10(2)17-15(12)19/h6-8,13,18H,4-5H2,1-3H3/b9-6+. The second-order valence-electron chi connectivity index (χ2n) is 5.42. The number of Topliss-reactive ketones (excluding diaryl/α,β-unsaturated/α-hetero) is 1. The Labute approximate surface area is 117 Å². The van der Waals surface area contributed by atoms with E-state index in [4.69, 9.17) is 0 Å². The van der Waals surface area contributed by atoms with Crippen LogP contribution in [0.5, 0.6) is 0 Å². The second-order valence-corrected chi connectivity index (χ2v) is 5.42. The zero-order valence-electron chi connectivity index (χ0n) is 12.0. The molecule has 0 radical (unpaired) electrons. The molecule has 0 saturated heterocycles. The maximum absolute atomic E-state index is 11.4. The fraction of sp³-hybridized carbons (Fsp3) is 0.400. The minimum Gasteiger partial charge on any atom is -0.367 e. The van der Waals surface area contributed by atoms with Crippen molar-refractivity contribution in [3.8, 4) is 0 Å². The van der Waals surface area contributed by atoms with Gasteiger partial charge >= 0.3 is 0 Å². The number of carbonyl (C=O) groups is 1. The van der Waals surface area contributed by atoms with Crippen molar-refractivity contribution < 1.29 is 4.79 Å². The highest BCUT2D eigenvalue weighted by molar-refractivity contribution is 5.97. The molecule has 0 atom stereocenters. The van der Waals surface area contributed by atoms with Crippen LogP contribution in [-0.2, 0) is 4.79 Å². The summed E-state index contributed by atoms with van der Waals surface area (Å²) in [5, 5.41) is 7.85. The number of carbonyl (C=O) groups excluding carboxylic acids is 1. The molecule has 0 spiro atoms. The normalized spacial score (nSPS) is 15.7. The fourth-order valence-corrected chi connectivity index (χ4v) is 2.08. The Hall–Kier alpha value is -2.17. The molecule has 0 aromatic carbocycles. The van der Waals surface area contributed by atoms with E-state index >= 15 is 0 Å². The summed E-state index contributed by atoms with van der Waals surface area (Å²) in [4.78, 5) is 15.9. The molecule has 5 nitrogen and oxygen atoms in total. The van der Waals surface area contributed by atoms with Crippen molar-refractivity contribution in [1.82, 2.24) is 14.6 Å². The molecular formula is C15H18N4O. The average molecular weight is 270 g/mol. The number of aromatic nitrogens is 3. The zero-order valence-corrected chi connectivity index (χ0v) is 12.0. The molecule has 1 fully saturated rings. The van der Waals surface area contributed by atoms with E-state index in [0.29, 0.717) is 11.6 Å². The molecular weight excluding hydrogens is 252 g/mol. The van der Waals surface area contributed by atoms with Crippen LogP contribution in [0.15, 0.2) is 17.8 Å². The quantitative estimate of drug-likeness (QED) is 0.868. The largest absolute Gasteiger partial charge is 0.367 e. The average Bonchev–Trinajstić information content (AvgIpc) is 3.11. The highest BCUT2D eigenvalue weighted by atomic mass is 16.1. The molecule has 1 aliphatic rings. The third-order valence-electron chi connectivity index (χ3n) is 3.48. The third kappa shape index (κ3) is 2.43. The first kappa shape index (κ1) is 12.8. The van der Waals surface area contributed by atoms with Gasteiger partial charge < -0.3 is 5.32 Å². The summed E-state index contributed by atoms with van der Waals surface area (Å²) >= 11 is 0. The van der Waals surface area contributed by atoms with Crippen LogP contribution < -0.4 is 5.32 Å². The van der Waals surface area contributed by atoms with Crippen LogP contribution in [0.2, 0.25) is 0 Å². The molecule has 20 heavy (non-hydrogen) atoms. The van der Waals surface area contributed by atoms with Crippen LogP contribution in [0.3, 0.4) is 0 Å². The van der Waals surface area contributed by atoms with Gasteiger partial charge in [0, 0.05) is 23.4 Å². The molecule has 0 bridgehead atoms. The summed E-state index contributed by atoms with van der Waals surface area (Å²) < 4.78 is 1.81. The first-order valence-electron chi connectivity index (χ1n) is 6.86. The summed E-state index contributed by atoms with van der Waals surface area (Å²) in [6.07, 6.45) is 6.02. The van der Waals surface area contributed by atoms with Gasteiger partial charge in [-0.25, -0.2) is 4.98 Å². The Balaban J connectivity index is 2.09. The molecule has 2 heterocycles. The van der Waals surface area contributed by atoms with Crippen LogP contribution in [0.4, 0.5) is 5.82 Å².